The number of ether oxygens (including phenoxy) is 2. The number of benzene rings is 2. The van der Waals surface area contributed by atoms with Crippen molar-refractivity contribution in [2.75, 3.05) is 18.9 Å². The molecule has 1 heterocycles. The summed E-state index contributed by atoms with van der Waals surface area (Å²) in [5.74, 6) is -2.08. The molecule has 1 aromatic heterocycles. The van der Waals surface area contributed by atoms with Gasteiger partial charge in [-0.25, -0.2) is 14.4 Å². The molecule has 0 aliphatic heterocycles. The summed E-state index contributed by atoms with van der Waals surface area (Å²) in [5.41, 5.74) is 9.56. The highest BCUT2D eigenvalue weighted by Gasteiger charge is 2.35. The lowest BCUT2D eigenvalue weighted by Crippen LogP contribution is -2.46. The topological polar surface area (TPSA) is 119 Å². The Morgan fingerprint density at radius 1 is 1.00 bits per heavy atom. The zero-order chi connectivity index (χ0) is 26.9. The Kier molecular flexibility index (Phi) is 7.27. The maximum Gasteiger partial charge on any atom is 0.410 e. The number of thiophene rings is 1. The summed E-state index contributed by atoms with van der Waals surface area (Å²) in [5, 5.41) is 9.78. The number of carboxylic acids is 1. The molecule has 3 N–H and O–H groups in total. The first kappa shape index (κ1) is 26.2. The highest BCUT2D eigenvalue weighted by Crippen LogP contribution is 2.44. The average molecular weight is 523 g/mol. The van der Waals surface area contributed by atoms with Crippen molar-refractivity contribution in [2.45, 2.75) is 45.7 Å². The Bertz CT molecular complexity index is 1310. The quantitative estimate of drug-likeness (QED) is 0.379. The van der Waals surface area contributed by atoms with Crippen molar-refractivity contribution in [1.29, 1.82) is 0 Å². The Morgan fingerprint density at radius 3 is 2.08 bits per heavy atom. The lowest BCUT2D eigenvalue weighted by atomic mass is 9.98. The molecule has 3 aromatic rings. The van der Waals surface area contributed by atoms with Gasteiger partial charge < -0.3 is 20.3 Å². The smallest absolute Gasteiger partial charge is 0.410 e. The van der Waals surface area contributed by atoms with E-state index < -0.39 is 23.6 Å². The number of nitrogens with two attached hydrogens (primary N) is 1. The molecule has 4 rings (SSSR count). The van der Waals surface area contributed by atoms with E-state index in [0.29, 0.717) is 0 Å². The summed E-state index contributed by atoms with van der Waals surface area (Å²) in [7, 11) is 0. The number of carboxylic acid groups (broad SMARTS) is 1. The Labute approximate surface area is 219 Å². The molecule has 0 atom stereocenters. The summed E-state index contributed by atoms with van der Waals surface area (Å²) in [6, 6.07) is 16.1. The Morgan fingerprint density at radius 2 is 1.57 bits per heavy atom. The molecule has 9 heteroatoms. The molecule has 1 aliphatic rings. The maximum atomic E-state index is 13.5. The van der Waals surface area contributed by atoms with Gasteiger partial charge in [0.15, 0.2) is 0 Å². The summed E-state index contributed by atoms with van der Waals surface area (Å²) in [6.45, 7) is 7.15. The molecular weight excluding hydrogens is 492 g/mol. The third-order valence-electron chi connectivity index (χ3n) is 6.39. The first-order valence-electron chi connectivity index (χ1n) is 12.0. The lowest BCUT2D eigenvalue weighted by molar-refractivity contribution is 0.0512. The van der Waals surface area contributed by atoms with Crippen LogP contribution in [0.25, 0.3) is 11.1 Å². The highest BCUT2D eigenvalue weighted by atomic mass is 32.1. The number of fused-ring (bicyclic) bond motifs is 3. The van der Waals surface area contributed by atoms with Crippen molar-refractivity contribution < 1.29 is 29.0 Å². The average Bonchev–Trinajstić information content (AvgIpc) is 3.35. The van der Waals surface area contributed by atoms with E-state index in [1.165, 1.54) is 4.90 Å². The molecule has 0 spiro atoms. The first-order valence-corrected chi connectivity index (χ1v) is 12.8. The highest BCUT2D eigenvalue weighted by molar-refractivity contribution is 7.18. The molecule has 0 fully saturated rings. The fourth-order valence-electron chi connectivity index (χ4n) is 4.64. The van der Waals surface area contributed by atoms with Crippen molar-refractivity contribution in [3.05, 3.63) is 75.7 Å². The SMILES string of the molecule is CCOC(=O)c1sc(N)c(C(=O)O)c1CN(C(=O)OCC1c2ccccc2-c2ccccc21)C(C)(C)C. The fraction of sp³-hybridized carbons (Fsp3) is 0.321. The molecule has 1 aliphatic carbocycles. The predicted molar refractivity (Wildman–Crippen MR) is 142 cm³/mol. The van der Waals surface area contributed by atoms with Crippen LogP contribution in [0.1, 0.15) is 70.3 Å². The van der Waals surface area contributed by atoms with E-state index in [1.54, 1.807) is 6.92 Å². The molecule has 0 unspecified atom stereocenters. The van der Waals surface area contributed by atoms with Crippen LogP contribution in [0.15, 0.2) is 48.5 Å². The molecule has 37 heavy (non-hydrogen) atoms. The van der Waals surface area contributed by atoms with E-state index in [0.717, 1.165) is 33.6 Å². The minimum absolute atomic E-state index is 0.0213. The summed E-state index contributed by atoms with van der Waals surface area (Å²) < 4.78 is 11.0. The number of rotatable bonds is 7. The standard InChI is InChI=1S/C28H30N2O6S/c1-5-35-26(33)23-20(22(25(31)32)24(29)37-23)14-30(28(2,3)4)27(34)36-15-21-18-12-8-6-10-16(18)17-11-7-9-13-19(17)21/h6-13,21H,5,14-15,29H2,1-4H3,(H,31,32). The second-order valence-corrected chi connectivity index (χ2v) is 10.8. The van der Waals surface area contributed by atoms with Gasteiger partial charge in [-0.3, -0.25) is 4.90 Å². The Balaban J connectivity index is 1.63. The third-order valence-corrected chi connectivity index (χ3v) is 7.43. The number of nitrogens with zero attached hydrogens (tertiary/aromatic N) is 1. The monoisotopic (exact) mass is 522 g/mol. The van der Waals surface area contributed by atoms with Crippen LogP contribution in [0.4, 0.5) is 9.80 Å². The number of hydrogen-bond donors (Lipinski definition) is 2. The van der Waals surface area contributed by atoms with Crippen LogP contribution in [0.2, 0.25) is 0 Å². The largest absolute Gasteiger partial charge is 0.478 e. The second-order valence-electron chi connectivity index (χ2n) is 9.74. The van der Waals surface area contributed by atoms with Gasteiger partial charge >= 0.3 is 18.0 Å². The van der Waals surface area contributed by atoms with Crippen LogP contribution in [0.3, 0.4) is 0 Å². The van der Waals surface area contributed by atoms with E-state index >= 15 is 0 Å². The van der Waals surface area contributed by atoms with Gasteiger partial charge in [0, 0.05) is 17.0 Å². The first-order chi connectivity index (χ1) is 17.5. The van der Waals surface area contributed by atoms with Crippen LogP contribution in [-0.4, -0.2) is 46.8 Å². The maximum absolute atomic E-state index is 13.5. The molecule has 0 saturated heterocycles. The van der Waals surface area contributed by atoms with Crippen molar-refractivity contribution >= 4 is 34.4 Å². The number of hydrogen-bond acceptors (Lipinski definition) is 7. The normalized spacial score (nSPS) is 12.5. The molecule has 194 valence electrons. The number of carbonyl (C=O) groups excluding carboxylic acids is 2. The second kappa shape index (κ2) is 10.3. The molecule has 0 bridgehead atoms. The van der Waals surface area contributed by atoms with E-state index in [2.05, 4.69) is 12.1 Å². The number of nitrogen functional groups attached to an aromatic ring is 1. The van der Waals surface area contributed by atoms with Crippen molar-refractivity contribution in [3.63, 3.8) is 0 Å². The zero-order valence-corrected chi connectivity index (χ0v) is 22.1. The van der Waals surface area contributed by atoms with E-state index in [4.69, 9.17) is 15.2 Å². The van der Waals surface area contributed by atoms with Crippen molar-refractivity contribution in [1.82, 2.24) is 4.90 Å². The van der Waals surface area contributed by atoms with E-state index in [9.17, 15) is 19.5 Å². The third kappa shape index (κ3) is 5.04. The van der Waals surface area contributed by atoms with Gasteiger partial charge in [0.2, 0.25) is 0 Å². The molecule has 0 saturated carbocycles. The molecule has 0 radical (unpaired) electrons. The minimum Gasteiger partial charge on any atom is -0.478 e. The van der Waals surface area contributed by atoms with Crippen LogP contribution in [-0.2, 0) is 16.0 Å². The van der Waals surface area contributed by atoms with E-state index in [-0.39, 0.29) is 46.7 Å². The fourth-order valence-corrected chi connectivity index (χ4v) is 5.60. The lowest BCUT2D eigenvalue weighted by Gasteiger charge is -2.35. The summed E-state index contributed by atoms with van der Waals surface area (Å²) in [4.78, 5) is 39.6. The van der Waals surface area contributed by atoms with Gasteiger partial charge in [-0.15, -0.1) is 11.3 Å². The number of esters is 1. The molecule has 2 aromatic carbocycles. The number of amides is 1. The van der Waals surface area contributed by atoms with Gasteiger partial charge in [-0.05, 0) is 49.9 Å². The van der Waals surface area contributed by atoms with Crippen LogP contribution >= 0.6 is 11.3 Å². The van der Waals surface area contributed by atoms with E-state index in [1.807, 2.05) is 57.2 Å². The summed E-state index contributed by atoms with van der Waals surface area (Å²) in [6.07, 6.45) is -0.620. The van der Waals surface area contributed by atoms with Gasteiger partial charge in [0.05, 0.1) is 18.7 Å². The van der Waals surface area contributed by atoms with Crippen LogP contribution in [0.5, 0.6) is 0 Å². The number of anilines is 1. The van der Waals surface area contributed by atoms with Gasteiger partial charge in [0.1, 0.15) is 16.5 Å². The van der Waals surface area contributed by atoms with Crippen molar-refractivity contribution in [2.24, 2.45) is 0 Å². The van der Waals surface area contributed by atoms with Crippen molar-refractivity contribution in [3.8, 4) is 11.1 Å². The molecule has 8 nitrogen and oxygen atoms in total. The minimum atomic E-state index is -1.28. The predicted octanol–water partition coefficient (Wildman–Crippen LogP) is 5.75. The summed E-state index contributed by atoms with van der Waals surface area (Å²) >= 11 is 0.844. The zero-order valence-electron chi connectivity index (χ0n) is 21.2. The van der Waals surface area contributed by atoms with Gasteiger partial charge in [0.25, 0.3) is 0 Å². The molecular formula is C28H30N2O6S. The molecule has 1 amide bonds. The Hall–Kier alpha value is -3.85. The van der Waals surface area contributed by atoms with Gasteiger partial charge in [-0.2, -0.15) is 0 Å². The van der Waals surface area contributed by atoms with Crippen LogP contribution in [0, 0.1) is 0 Å². The number of carbonyl (C=O) groups is 3. The van der Waals surface area contributed by atoms with Gasteiger partial charge in [-0.1, -0.05) is 48.5 Å². The number of aromatic carboxylic acids is 1. The van der Waals surface area contributed by atoms with Crippen LogP contribution < -0.4 is 5.73 Å².